The van der Waals surface area contributed by atoms with Gasteiger partial charge in [-0.05, 0) is 53.6 Å². The highest BCUT2D eigenvalue weighted by molar-refractivity contribution is 7.89. The van der Waals surface area contributed by atoms with E-state index < -0.39 is 16.0 Å². The van der Waals surface area contributed by atoms with Crippen LogP contribution in [0.2, 0.25) is 5.02 Å². The molecular weight excluding hydrogens is 434 g/mol. The molecule has 0 saturated heterocycles. The molecule has 0 heterocycles. The number of unbranched alkanes of at least 4 members (excludes halogenated alkanes) is 2. The van der Waals surface area contributed by atoms with Crippen LogP contribution in [0.15, 0.2) is 53.4 Å². The van der Waals surface area contributed by atoms with E-state index in [9.17, 15) is 13.2 Å². The van der Waals surface area contributed by atoms with Crippen molar-refractivity contribution in [1.29, 1.82) is 0 Å². The highest BCUT2D eigenvalue weighted by Gasteiger charge is 2.24. The highest BCUT2D eigenvalue weighted by atomic mass is 35.5. The normalized spacial score (nSPS) is 13.2. The van der Waals surface area contributed by atoms with Crippen LogP contribution in [0, 0.1) is 5.41 Å². The monoisotopic (exact) mass is 465 g/mol. The van der Waals surface area contributed by atoms with Crippen molar-refractivity contribution >= 4 is 27.6 Å². The Morgan fingerprint density at radius 1 is 1.06 bits per heavy atom. The van der Waals surface area contributed by atoms with E-state index in [2.05, 4.69) is 11.6 Å². The maximum atomic E-state index is 12.9. The maximum Gasteiger partial charge on any atom is 0.303 e. The van der Waals surface area contributed by atoms with Crippen LogP contribution in [-0.4, -0.2) is 19.5 Å². The third kappa shape index (κ3) is 8.28. The van der Waals surface area contributed by atoms with Gasteiger partial charge in [0.05, 0.1) is 11.3 Å². The van der Waals surface area contributed by atoms with Crippen LogP contribution in [0.5, 0.6) is 0 Å². The lowest BCUT2D eigenvalue weighted by molar-refractivity contribution is -0.139. The Hall–Kier alpha value is -1.89. The van der Waals surface area contributed by atoms with Gasteiger partial charge in [-0.3, -0.25) is 4.79 Å². The molecule has 5 nitrogen and oxygen atoms in total. The third-order valence-electron chi connectivity index (χ3n) is 5.21. The molecule has 0 aromatic heterocycles. The minimum absolute atomic E-state index is 0.0925. The molecule has 0 fully saturated rings. The molecular formula is C24H32ClNO4S. The van der Waals surface area contributed by atoms with Gasteiger partial charge in [0.2, 0.25) is 10.0 Å². The van der Waals surface area contributed by atoms with Crippen LogP contribution >= 0.6 is 11.6 Å². The second kappa shape index (κ2) is 11.1. The Morgan fingerprint density at radius 2 is 1.68 bits per heavy atom. The molecule has 0 spiro atoms. The summed E-state index contributed by atoms with van der Waals surface area (Å²) in [4.78, 5) is 11.3. The van der Waals surface area contributed by atoms with Crippen molar-refractivity contribution in [2.24, 2.45) is 5.41 Å². The summed E-state index contributed by atoms with van der Waals surface area (Å²) in [6.45, 7) is 5.98. The molecule has 0 bridgehead atoms. The topological polar surface area (TPSA) is 83.5 Å². The molecule has 0 aliphatic rings. The maximum absolute atomic E-state index is 12.9. The third-order valence-corrected chi connectivity index (χ3v) is 6.95. The van der Waals surface area contributed by atoms with Gasteiger partial charge in [0.15, 0.2) is 0 Å². The fourth-order valence-corrected chi connectivity index (χ4v) is 5.04. The summed E-state index contributed by atoms with van der Waals surface area (Å²) in [5.74, 6) is -0.811. The molecule has 2 N–H and O–H groups in total. The van der Waals surface area contributed by atoms with Gasteiger partial charge in [0.25, 0.3) is 0 Å². The number of carboxylic acid groups (broad SMARTS) is 1. The largest absolute Gasteiger partial charge is 0.481 e. The highest BCUT2D eigenvalue weighted by Crippen LogP contribution is 2.28. The number of rotatable bonds is 12. The van der Waals surface area contributed by atoms with Crippen molar-refractivity contribution < 1.29 is 18.3 Å². The van der Waals surface area contributed by atoms with Crippen LogP contribution in [0.1, 0.15) is 70.0 Å². The average Bonchev–Trinajstić information content (AvgIpc) is 2.67. The van der Waals surface area contributed by atoms with E-state index in [1.54, 1.807) is 12.1 Å². The number of carbonyl (C=O) groups is 1. The molecule has 170 valence electrons. The Balaban J connectivity index is 2.21. The Kier molecular flexibility index (Phi) is 9.10. The molecule has 0 radical (unpaired) electrons. The summed E-state index contributed by atoms with van der Waals surface area (Å²) in [5.41, 5.74) is 1.57. The zero-order chi connectivity index (χ0) is 23.1. The first-order chi connectivity index (χ1) is 14.5. The van der Waals surface area contributed by atoms with Crippen LogP contribution < -0.4 is 4.72 Å². The van der Waals surface area contributed by atoms with Crippen LogP contribution in [0.4, 0.5) is 0 Å². The van der Waals surface area contributed by atoms with Gasteiger partial charge < -0.3 is 5.11 Å². The van der Waals surface area contributed by atoms with Crippen molar-refractivity contribution in [3.8, 4) is 0 Å². The van der Waals surface area contributed by atoms with Gasteiger partial charge >= 0.3 is 5.97 Å². The number of nitrogens with one attached hydrogen (secondary N) is 1. The number of hydrogen-bond acceptors (Lipinski definition) is 3. The summed E-state index contributed by atoms with van der Waals surface area (Å²) >= 11 is 5.89. The van der Waals surface area contributed by atoms with Gasteiger partial charge in [-0.25, -0.2) is 13.1 Å². The molecule has 0 amide bonds. The van der Waals surface area contributed by atoms with Crippen molar-refractivity contribution in [3.05, 3.63) is 64.7 Å². The zero-order valence-electron chi connectivity index (χ0n) is 18.4. The number of halogens is 1. The second-order valence-corrected chi connectivity index (χ2v) is 10.9. The number of sulfonamides is 1. The molecule has 7 heteroatoms. The minimum Gasteiger partial charge on any atom is -0.481 e. The summed E-state index contributed by atoms with van der Waals surface area (Å²) in [7, 11) is -3.69. The van der Waals surface area contributed by atoms with Gasteiger partial charge in [0, 0.05) is 11.1 Å². The molecule has 0 saturated carbocycles. The quantitative estimate of drug-likeness (QED) is 0.377. The molecule has 0 aliphatic carbocycles. The van der Waals surface area contributed by atoms with Gasteiger partial charge in [0.1, 0.15) is 0 Å². The predicted octanol–water partition coefficient (Wildman–Crippen LogP) is 5.98. The lowest BCUT2D eigenvalue weighted by Gasteiger charge is -2.23. The Bertz CT molecular complexity index is 954. The van der Waals surface area contributed by atoms with Crippen molar-refractivity contribution in [1.82, 2.24) is 4.72 Å². The molecule has 2 aromatic rings. The first kappa shape index (κ1) is 25.4. The average molecular weight is 466 g/mol. The standard InChI is InChI=1S/C24H32ClNO4S/c1-4-5-6-7-22(26-31(29,30)21-14-12-20(25)13-15-21)19-10-8-18(9-11-19)16-24(2,3)17-23(27)28/h8-15,22,26H,4-7,16-17H2,1-3H3,(H,27,28). The number of aliphatic carboxylic acids is 1. The van der Waals surface area contributed by atoms with Crippen LogP contribution in [0.25, 0.3) is 0 Å². The fraction of sp³-hybridized carbons (Fsp3) is 0.458. The number of benzene rings is 2. The van der Waals surface area contributed by atoms with E-state index in [-0.39, 0.29) is 22.8 Å². The van der Waals surface area contributed by atoms with E-state index in [0.717, 1.165) is 30.4 Å². The first-order valence-corrected chi connectivity index (χ1v) is 12.5. The summed E-state index contributed by atoms with van der Waals surface area (Å²) < 4.78 is 28.7. The van der Waals surface area contributed by atoms with Gasteiger partial charge in [-0.15, -0.1) is 0 Å². The van der Waals surface area contributed by atoms with E-state index in [1.165, 1.54) is 12.1 Å². The second-order valence-electron chi connectivity index (χ2n) is 8.78. The minimum atomic E-state index is -3.69. The molecule has 2 rings (SSSR count). The van der Waals surface area contributed by atoms with E-state index in [1.807, 2.05) is 38.1 Å². The van der Waals surface area contributed by atoms with Gasteiger partial charge in [-0.2, -0.15) is 0 Å². The molecule has 1 unspecified atom stereocenters. The molecule has 31 heavy (non-hydrogen) atoms. The van der Waals surface area contributed by atoms with Crippen molar-refractivity contribution in [2.45, 2.75) is 70.2 Å². The Labute approximate surface area is 190 Å². The van der Waals surface area contributed by atoms with E-state index in [4.69, 9.17) is 16.7 Å². The smallest absolute Gasteiger partial charge is 0.303 e. The van der Waals surface area contributed by atoms with Crippen molar-refractivity contribution in [3.63, 3.8) is 0 Å². The summed E-state index contributed by atoms with van der Waals surface area (Å²) in [6.07, 6.45) is 4.42. The SMILES string of the molecule is CCCCCC(NS(=O)(=O)c1ccc(Cl)cc1)c1ccc(CC(C)(C)CC(=O)O)cc1. The van der Waals surface area contributed by atoms with E-state index >= 15 is 0 Å². The zero-order valence-corrected chi connectivity index (χ0v) is 20.0. The Morgan fingerprint density at radius 3 is 2.23 bits per heavy atom. The number of carboxylic acids is 1. The fourth-order valence-electron chi connectivity index (χ4n) is 3.65. The molecule has 2 aromatic carbocycles. The lowest BCUT2D eigenvalue weighted by atomic mass is 9.82. The lowest BCUT2D eigenvalue weighted by Crippen LogP contribution is -2.28. The number of hydrogen-bond donors (Lipinski definition) is 2. The summed E-state index contributed by atoms with van der Waals surface area (Å²) in [6, 6.07) is 13.6. The van der Waals surface area contributed by atoms with Crippen LogP contribution in [-0.2, 0) is 21.2 Å². The van der Waals surface area contributed by atoms with Gasteiger partial charge in [-0.1, -0.05) is 75.9 Å². The first-order valence-electron chi connectivity index (χ1n) is 10.6. The molecule has 1 atom stereocenters. The predicted molar refractivity (Wildman–Crippen MR) is 125 cm³/mol. The van der Waals surface area contributed by atoms with E-state index in [0.29, 0.717) is 17.9 Å². The van der Waals surface area contributed by atoms with Crippen molar-refractivity contribution in [2.75, 3.05) is 0 Å². The van der Waals surface area contributed by atoms with Crippen LogP contribution in [0.3, 0.4) is 0 Å². The summed E-state index contributed by atoms with van der Waals surface area (Å²) in [5, 5.41) is 9.58. The molecule has 0 aliphatic heterocycles.